The van der Waals surface area contributed by atoms with E-state index in [1.54, 1.807) is 18.4 Å². The molecule has 1 aliphatic carbocycles. The van der Waals surface area contributed by atoms with Crippen LogP contribution in [0.3, 0.4) is 0 Å². The summed E-state index contributed by atoms with van der Waals surface area (Å²) in [5.74, 6) is 0.587. The quantitative estimate of drug-likeness (QED) is 0.841. The van der Waals surface area contributed by atoms with Crippen molar-refractivity contribution in [3.8, 4) is 0 Å². The maximum absolute atomic E-state index is 11.8. The van der Waals surface area contributed by atoms with Crippen molar-refractivity contribution in [2.75, 3.05) is 13.7 Å². The Bertz CT molecular complexity index is 407. The summed E-state index contributed by atoms with van der Waals surface area (Å²) in [5, 5.41) is 7.84. The van der Waals surface area contributed by atoms with Gasteiger partial charge in [-0.25, -0.2) is 4.79 Å². The molecule has 4 nitrogen and oxygen atoms in total. The molecule has 1 aromatic heterocycles. The lowest BCUT2D eigenvalue weighted by molar-refractivity contribution is 0.157. The largest absolute Gasteiger partial charge is 0.383 e. The Labute approximate surface area is 119 Å². The van der Waals surface area contributed by atoms with Crippen molar-refractivity contribution in [1.82, 2.24) is 10.6 Å². The molecule has 6 heteroatoms. The van der Waals surface area contributed by atoms with Gasteiger partial charge in [0.25, 0.3) is 0 Å². The molecule has 2 rings (SSSR count). The Morgan fingerprint density at radius 3 is 3.00 bits per heavy atom. The molecule has 1 aromatic rings. The molecule has 1 fully saturated rings. The number of hydrogen-bond acceptors (Lipinski definition) is 3. The fourth-order valence-corrected chi connectivity index (χ4v) is 3.05. The van der Waals surface area contributed by atoms with Crippen molar-refractivity contribution < 1.29 is 9.53 Å². The summed E-state index contributed by atoms with van der Waals surface area (Å²) in [4.78, 5) is 11.8. The molecular formula is C12H17BrN2O2S. The van der Waals surface area contributed by atoms with Gasteiger partial charge in [-0.1, -0.05) is 0 Å². The lowest BCUT2D eigenvalue weighted by Gasteiger charge is -2.17. The second-order valence-electron chi connectivity index (χ2n) is 4.45. The normalized spacial score (nSPS) is 16.3. The first kappa shape index (κ1) is 13.8. The average molecular weight is 333 g/mol. The molecule has 0 radical (unpaired) electrons. The SMILES string of the molecule is COCC(NC(=O)NCc1ccsc1Br)C1CC1. The number of hydrogen-bond donors (Lipinski definition) is 2. The molecule has 1 heterocycles. The highest BCUT2D eigenvalue weighted by atomic mass is 79.9. The van der Waals surface area contributed by atoms with Gasteiger partial charge in [-0.3, -0.25) is 0 Å². The number of methoxy groups -OCH3 is 1. The molecule has 0 aliphatic heterocycles. The smallest absolute Gasteiger partial charge is 0.315 e. The molecule has 18 heavy (non-hydrogen) atoms. The molecule has 2 N–H and O–H groups in total. The van der Waals surface area contributed by atoms with Gasteiger partial charge >= 0.3 is 6.03 Å². The molecule has 0 bridgehead atoms. The topological polar surface area (TPSA) is 50.4 Å². The summed E-state index contributed by atoms with van der Waals surface area (Å²) in [6.45, 7) is 1.13. The zero-order chi connectivity index (χ0) is 13.0. The zero-order valence-corrected chi connectivity index (χ0v) is 12.6. The average Bonchev–Trinajstić information content (AvgIpc) is 3.10. The summed E-state index contributed by atoms with van der Waals surface area (Å²) >= 11 is 5.07. The van der Waals surface area contributed by atoms with E-state index in [1.165, 1.54) is 12.8 Å². The maximum Gasteiger partial charge on any atom is 0.315 e. The highest BCUT2D eigenvalue weighted by molar-refractivity contribution is 9.11. The van der Waals surface area contributed by atoms with E-state index in [0.717, 1.165) is 9.35 Å². The number of carbonyl (C=O) groups excluding carboxylic acids is 1. The lowest BCUT2D eigenvalue weighted by atomic mass is 10.2. The Balaban J connectivity index is 1.75. The van der Waals surface area contributed by atoms with E-state index < -0.39 is 0 Å². The fourth-order valence-electron chi connectivity index (χ4n) is 1.81. The third-order valence-electron chi connectivity index (χ3n) is 2.99. The molecule has 1 saturated carbocycles. The second kappa shape index (κ2) is 6.54. The molecule has 0 aromatic carbocycles. The third kappa shape index (κ3) is 3.96. The number of nitrogens with one attached hydrogen (secondary N) is 2. The predicted molar refractivity (Wildman–Crippen MR) is 75.8 cm³/mol. The molecule has 1 aliphatic rings. The van der Waals surface area contributed by atoms with Crippen LogP contribution in [0.25, 0.3) is 0 Å². The van der Waals surface area contributed by atoms with Crippen LogP contribution in [0, 0.1) is 5.92 Å². The van der Waals surface area contributed by atoms with Gasteiger partial charge in [-0.05, 0) is 51.7 Å². The van der Waals surface area contributed by atoms with E-state index >= 15 is 0 Å². The Morgan fingerprint density at radius 2 is 2.44 bits per heavy atom. The Kier molecular flexibility index (Phi) is 5.03. The number of halogens is 1. The molecule has 0 saturated heterocycles. The fraction of sp³-hybridized carbons (Fsp3) is 0.583. The Morgan fingerprint density at radius 1 is 1.67 bits per heavy atom. The first-order valence-corrected chi connectivity index (χ1v) is 7.63. The van der Waals surface area contributed by atoms with E-state index in [-0.39, 0.29) is 12.1 Å². The van der Waals surface area contributed by atoms with Gasteiger partial charge in [0, 0.05) is 13.7 Å². The number of amides is 2. The van der Waals surface area contributed by atoms with Crippen LogP contribution < -0.4 is 10.6 Å². The minimum Gasteiger partial charge on any atom is -0.383 e. The van der Waals surface area contributed by atoms with Crippen LogP contribution in [-0.4, -0.2) is 25.8 Å². The van der Waals surface area contributed by atoms with Crippen LogP contribution in [0.5, 0.6) is 0 Å². The van der Waals surface area contributed by atoms with Crippen molar-refractivity contribution in [2.24, 2.45) is 5.92 Å². The number of ether oxygens (including phenoxy) is 1. The minimum absolute atomic E-state index is 0.123. The highest BCUT2D eigenvalue weighted by Gasteiger charge is 2.32. The van der Waals surface area contributed by atoms with E-state index in [4.69, 9.17) is 4.74 Å². The van der Waals surface area contributed by atoms with Gasteiger partial charge in [0.2, 0.25) is 0 Å². The maximum atomic E-state index is 11.8. The number of rotatable bonds is 6. The van der Waals surface area contributed by atoms with Crippen molar-refractivity contribution in [3.63, 3.8) is 0 Å². The summed E-state index contributed by atoms with van der Waals surface area (Å²) < 4.78 is 6.20. The van der Waals surface area contributed by atoms with Crippen LogP contribution in [0.2, 0.25) is 0 Å². The lowest BCUT2D eigenvalue weighted by Crippen LogP contribution is -2.45. The van der Waals surface area contributed by atoms with E-state index in [9.17, 15) is 4.79 Å². The van der Waals surface area contributed by atoms with Crippen LogP contribution in [-0.2, 0) is 11.3 Å². The van der Waals surface area contributed by atoms with Gasteiger partial charge in [0.15, 0.2) is 0 Å². The first-order chi connectivity index (χ1) is 8.70. The molecule has 100 valence electrons. The second-order valence-corrected chi connectivity index (χ2v) is 6.68. The van der Waals surface area contributed by atoms with Gasteiger partial charge in [-0.2, -0.15) is 0 Å². The first-order valence-electron chi connectivity index (χ1n) is 5.96. The molecular weight excluding hydrogens is 316 g/mol. The summed E-state index contributed by atoms with van der Waals surface area (Å²) in [7, 11) is 1.66. The van der Waals surface area contributed by atoms with Crippen molar-refractivity contribution in [3.05, 3.63) is 20.8 Å². The van der Waals surface area contributed by atoms with Gasteiger partial charge in [0.1, 0.15) is 0 Å². The number of thiophene rings is 1. The van der Waals surface area contributed by atoms with Gasteiger partial charge in [-0.15, -0.1) is 11.3 Å². The van der Waals surface area contributed by atoms with Crippen molar-refractivity contribution >= 4 is 33.3 Å². The van der Waals surface area contributed by atoms with Crippen LogP contribution in [0.15, 0.2) is 15.2 Å². The van der Waals surface area contributed by atoms with E-state index in [2.05, 4.69) is 26.6 Å². The molecule has 2 amide bonds. The zero-order valence-electron chi connectivity index (χ0n) is 10.2. The number of urea groups is 1. The number of carbonyl (C=O) groups is 1. The van der Waals surface area contributed by atoms with Crippen LogP contribution in [0.1, 0.15) is 18.4 Å². The monoisotopic (exact) mass is 332 g/mol. The predicted octanol–water partition coefficient (Wildman–Crippen LogP) is 2.73. The minimum atomic E-state index is -0.123. The molecule has 1 unspecified atom stereocenters. The summed E-state index contributed by atoms with van der Waals surface area (Å²) in [5.41, 5.74) is 1.10. The Hall–Kier alpha value is -0.590. The molecule has 0 spiro atoms. The van der Waals surface area contributed by atoms with Crippen LogP contribution in [0.4, 0.5) is 4.79 Å². The van der Waals surface area contributed by atoms with E-state index in [0.29, 0.717) is 19.1 Å². The van der Waals surface area contributed by atoms with Gasteiger partial charge in [0.05, 0.1) is 16.4 Å². The molecule has 1 atom stereocenters. The standard InChI is InChI=1S/C12H17BrN2O2S/c1-17-7-10(8-2-3-8)15-12(16)14-6-9-4-5-18-11(9)13/h4-5,8,10H,2-3,6-7H2,1H3,(H2,14,15,16). The van der Waals surface area contributed by atoms with Crippen molar-refractivity contribution in [1.29, 1.82) is 0 Å². The third-order valence-corrected chi connectivity index (χ3v) is 4.80. The summed E-state index contributed by atoms with van der Waals surface area (Å²) in [6, 6.07) is 2.02. The van der Waals surface area contributed by atoms with E-state index in [1.807, 2.05) is 11.4 Å². The van der Waals surface area contributed by atoms with Crippen LogP contribution >= 0.6 is 27.3 Å². The highest BCUT2D eigenvalue weighted by Crippen LogP contribution is 2.32. The summed E-state index contributed by atoms with van der Waals surface area (Å²) in [6.07, 6.45) is 2.37. The van der Waals surface area contributed by atoms with Gasteiger partial charge < -0.3 is 15.4 Å². The van der Waals surface area contributed by atoms with Crippen molar-refractivity contribution in [2.45, 2.75) is 25.4 Å².